The summed E-state index contributed by atoms with van der Waals surface area (Å²) in [5.74, 6) is 0.191. The maximum atomic E-state index is 11.7. The topological polar surface area (TPSA) is 90.4 Å². The van der Waals surface area contributed by atoms with E-state index in [2.05, 4.69) is 10.5 Å². The summed E-state index contributed by atoms with van der Waals surface area (Å²) in [6.45, 7) is 2.16. The minimum atomic E-state index is -0.516. The molecule has 0 atom stereocenters. The summed E-state index contributed by atoms with van der Waals surface area (Å²) in [4.78, 5) is 11.7. The molecule has 0 aliphatic rings. The first-order valence-corrected chi connectivity index (χ1v) is 6.22. The Kier molecular flexibility index (Phi) is 4.14. The van der Waals surface area contributed by atoms with Crippen molar-refractivity contribution in [3.8, 4) is 0 Å². The Bertz CT molecular complexity index is 640. The smallest absolute Gasteiger partial charge is 0.340 e. The zero-order valence-corrected chi connectivity index (χ0v) is 11.8. The molecule has 0 fully saturated rings. The van der Waals surface area contributed by atoms with Gasteiger partial charge in [0.15, 0.2) is 0 Å². The van der Waals surface area contributed by atoms with Crippen molar-refractivity contribution >= 4 is 28.9 Å². The summed E-state index contributed by atoms with van der Waals surface area (Å²) >= 11 is 6.11. The van der Waals surface area contributed by atoms with Crippen LogP contribution >= 0.6 is 11.6 Å². The predicted molar refractivity (Wildman–Crippen MR) is 75.8 cm³/mol. The average Bonchev–Trinajstić information content (AvgIpc) is 2.81. The summed E-state index contributed by atoms with van der Waals surface area (Å²) in [5.41, 5.74) is 7.50. The number of esters is 1. The first-order valence-electron chi connectivity index (χ1n) is 5.84. The lowest BCUT2D eigenvalue weighted by atomic mass is 10.1. The number of benzene rings is 1. The number of nitrogens with zero attached hydrogens (tertiary/aromatic N) is 1. The summed E-state index contributed by atoms with van der Waals surface area (Å²) in [5, 5.41) is 7.23. The number of hydrogen-bond donors (Lipinski definition) is 2. The van der Waals surface area contributed by atoms with Crippen LogP contribution in [0.15, 0.2) is 22.7 Å². The molecule has 0 saturated carbocycles. The highest BCUT2D eigenvalue weighted by Crippen LogP contribution is 2.30. The van der Waals surface area contributed by atoms with Crippen molar-refractivity contribution in [1.29, 1.82) is 0 Å². The molecule has 0 aliphatic carbocycles. The van der Waals surface area contributed by atoms with Crippen LogP contribution in [0.4, 0.5) is 11.4 Å². The van der Waals surface area contributed by atoms with Crippen molar-refractivity contribution in [2.75, 3.05) is 18.2 Å². The molecule has 0 saturated heterocycles. The second-order valence-electron chi connectivity index (χ2n) is 4.20. The molecule has 2 rings (SSSR count). The van der Waals surface area contributed by atoms with Crippen molar-refractivity contribution in [2.24, 2.45) is 0 Å². The number of anilines is 2. The molecule has 6 nitrogen and oxygen atoms in total. The van der Waals surface area contributed by atoms with E-state index in [4.69, 9.17) is 26.6 Å². The molecular weight excluding hydrogens is 282 g/mol. The third-order valence-electron chi connectivity index (χ3n) is 2.64. The van der Waals surface area contributed by atoms with Gasteiger partial charge in [0, 0.05) is 11.8 Å². The molecule has 3 N–H and O–H groups in total. The summed E-state index contributed by atoms with van der Waals surface area (Å²) in [6.07, 6.45) is 0. The number of nitrogens with two attached hydrogens (primary N) is 1. The van der Waals surface area contributed by atoms with Crippen molar-refractivity contribution in [3.05, 3.63) is 40.2 Å². The number of aryl methyl sites for hydroxylation is 1. The molecule has 0 bridgehead atoms. The lowest BCUT2D eigenvalue weighted by molar-refractivity contribution is 0.0602. The monoisotopic (exact) mass is 295 g/mol. The van der Waals surface area contributed by atoms with Crippen LogP contribution in [0.25, 0.3) is 0 Å². The SMILES string of the molecule is COC(=O)c1cc(N)cc(Cl)c1NCc1cc(C)on1. The number of nitrogens with one attached hydrogen (secondary N) is 1. The number of halogens is 1. The molecule has 106 valence electrons. The molecule has 20 heavy (non-hydrogen) atoms. The van der Waals surface area contributed by atoms with Gasteiger partial charge < -0.3 is 20.3 Å². The maximum absolute atomic E-state index is 11.7. The number of nitrogen functional groups attached to an aromatic ring is 1. The second kappa shape index (κ2) is 5.83. The summed E-state index contributed by atoms with van der Waals surface area (Å²) in [7, 11) is 1.30. The van der Waals surface area contributed by atoms with Crippen LogP contribution in [0.5, 0.6) is 0 Å². The Morgan fingerprint density at radius 3 is 2.85 bits per heavy atom. The molecule has 0 amide bonds. The van der Waals surface area contributed by atoms with Gasteiger partial charge in [-0.05, 0) is 19.1 Å². The Morgan fingerprint density at radius 1 is 1.50 bits per heavy atom. The minimum Gasteiger partial charge on any atom is -0.465 e. The molecule has 0 aliphatic heterocycles. The van der Waals surface area contributed by atoms with Crippen LogP contribution in [0.3, 0.4) is 0 Å². The van der Waals surface area contributed by atoms with E-state index in [1.165, 1.54) is 13.2 Å². The fraction of sp³-hybridized carbons (Fsp3) is 0.231. The maximum Gasteiger partial charge on any atom is 0.340 e. The van der Waals surface area contributed by atoms with Gasteiger partial charge in [-0.1, -0.05) is 16.8 Å². The van der Waals surface area contributed by atoms with Crippen LogP contribution in [0.1, 0.15) is 21.8 Å². The fourth-order valence-corrected chi connectivity index (χ4v) is 2.05. The van der Waals surface area contributed by atoms with Gasteiger partial charge in [0.1, 0.15) is 11.5 Å². The molecular formula is C13H14ClN3O3. The lowest BCUT2D eigenvalue weighted by Crippen LogP contribution is -2.10. The van der Waals surface area contributed by atoms with Gasteiger partial charge in [0.05, 0.1) is 29.9 Å². The first kappa shape index (κ1) is 14.2. The third kappa shape index (κ3) is 3.03. The van der Waals surface area contributed by atoms with Gasteiger partial charge in [-0.25, -0.2) is 4.79 Å². The minimum absolute atomic E-state index is 0.276. The highest BCUT2D eigenvalue weighted by Gasteiger charge is 2.16. The van der Waals surface area contributed by atoms with Crippen LogP contribution in [-0.4, -0.2) is 18.2 Å². The third-order valence-corrected chi connectivity index (χ3v) is 2.94. The number of aromatic nitrogens is 1. The Hall–Kier alpha value is -2.21. The number of ether oxygens (including phenoxy) is 1. The van der Waals surface area contributed by atoms with Crippen LogP contribution in [0.2, 0.25) is 5.02 Å². The molecule has 0 radical (unpaired) electrons. The molecule has 2 aromatic rings. The quantitative estimate of drug-likeness (QED) is 0.665. The van der Waals surface area contributed by atoms with Gasteiger partial charge in [0.25, 0.3) is 0 Å². The number of carbonyl (C=O) groups excluding carboxylic acids is 1. The second-order valence-corrected chi connectivity index (χ2v) is 4.61. The van der Waals surface area contributed by atoms with Gasteiger partial charge in [0.2, 0.25) is 0 Å². The van der Waals surface area contributed by atoms with E-state index in [0.29, 0.717) is 34.4 Å². The zero-order chi connectivity index (χ0) is 14.7. The van der Waals surface area contributed by atoms with Crippen molar-refractivity contribution < 1.29 is 14.1 Å². The molecule has 0 spiro atoms. The highest BCUT2D eigenvalue weighted by molar-refractivity contribution is 6.34. The van der Waals surface area contributed by atoms with E-state index < -0.39 is 5.97 Å². The standard InChI is InChI=1S/C13H14ClN3O3/c1-7-3-9(17-20-7)6-16-12-10(13(18)19-2)4-8(15)5-11(12)14/h3-5,16H,6,15H2,1-2H3. The number of carbonyl (C=O) groups is 1. The molecule has 7 heteroatoms. The van der Waals surface area contributed by atoms with Crippen LogP contribution in [-0.2, 0) is 11.3 Å². The Labute approximate surface area is 120 Å². The average molecular weight is 296 g/mol. The van der Waals surface area contributed by atoms with E-state index in [0.717, 1.165) is 0 Å². The van der Waals surface area contributed by atoms with Gasteiger partial charge in [-0.3, -0.25) is 0 Å². The van der Waals surface area contributed by atoms with Crippen LogP contribution in [0, 0.1) is 6.92 Å². The van der Waals surface area contributed by atoms with Crippen molar-refractivity contribution in [2.45, 2.75) is 13.5 Å². The van der Waals surface area contributed by atoms with E-state index in [-0.39, 0.29) is 5.56 Å². The fourth-order valence-electron chi connectivity index (χ4n) is 1.76. The molecule has 1 heterocycles. The summed E-state index contributed by atoms with van der Waals surface area (Å²) in [6, 6.07) is 4.86. The van der Waals surface area contributed by atoms with E-state index in [1.54, 1.807) is 19.1 Å². The number of rotatable bonds is 4. The summed E-state index contributed by atoms with van der Waals surface area (Å²) < 4.78 is 9.68. The number of hydrogen-bond acceptors (Lipinski definition) is 6. The van der Waals surface area contributed by atoms with E-state index >= 15 is 0 Å². The van der Waals surface area contributed by atoms with Gasteiger partial charge in [-0.2, -0.15) is 0 Å². The highest BCUT2D eigenvalue weighted by atomic mass is 35.5. The van der Waals surface area contributed by atoms with Gasteiger partial charge >= 0.3 is 5.97 Å². The lowest BCUT2D eigenvalue weighted by Gasteiger charge is -2.12. The largest absolute Gasteiger partial charge is 0.465 e. The normalized spacial score (nSPS) is 10.3. The first-order chi connectivity index (χ1) is 9.51. The molecule has 1 aromatic carbocycles. The van der Waals surface area contributed by atoms with Crippen molar-refractivity contribution in [1.82, 2.24) is 5.16 Å². The van der Waals surface area contributed by atoms with E-state index in [9.17, 15) is 4.79 Å². The predicted octanol–water partition coefficient (Wildman–Crippen LogP) is 2.62. The van der Waals surface area contributed by atoms with Gasteiger partial charge in [-0.15, -0.1) is 0 Å². The van der Waals surface area contributed by atoms with E-state index in [1.807, 2.05) is 0 Å². The molecule has 1 aromatic heterocycles. The number of methoxy groups -OCH3 is 1. The molecule has 0 unspecified atom stereocenters. The zero-order valence-electron chi connectivity index (χ0n) is 11.1. The Morgan fingerprint density at radius 2 is 2.25 bits per heavy atom. The Balaban J connectivity index is 2.27. The van der Waals surface area contributed by atoms with Crippen molar-refractivity contribution in [3.63, 3.8) is 0 Å². The van der Waals surface area contributed by atoms with Crippen LogP contribution < -0.4 is 11.1 Å².